The summed E-state index contributed by atoms with van der Waals surface area (Å²) in [5.41, 5.74) is 1.79. The van der Waals surface area contributed by atoms with E-state index in [4.69, 9.17) is 4.74 Å². The summed E-state index contributed by atoms with van der Waals surface area (Å²) in [6.45, 7) is 3.90. The number of aryl methyl sites for hydroxylation is 1. The van der Waals surface area contributed by atoms with E-state index in [1.807, 2.05) is 13.8 Å². The molecule has 2 N–H and O–H groups in total. The molecule has 1 unspecified atom stereocenters. The summed E-state index contributed by atoms with van der Waals surface area (Å²) in [6.07, 6.45) is 5.84. The summed E-state index contributed by atoms with van der Waals surface area (Å²) in [7, 11) is 1.64. The minimum absolute atomic E-state index is 0.374. The average Bonchev–Trinajstić information content (AvgIpc) is 2.43. The molecule has 0 spiro atoms. The molecule has 1 atom stereocenters. The highest BCUT2D eigenvalue weighted by Crippen LogP contribution is 2.33. The molecule has 20 heavy (non-hydrogen) atoms. The van der Waals surface area contributed by atoms with E-state index in [0.717, 1.165) is 41.8 Å². The highest BCUT2D eigenvalue weighted by molar-refractivity contribution is 5.41. The van der Waals surface area contributed by atoms with Crippen LogP contribution in [-0.2, 0) is 6.42 Å². The van der Waals surface area contributed by atoms with Gasteiger partial charge in [0.25, 0.3) is 0 Å². The summed E-state index contributed by atoms with van der Waals surface area (Å²) in [5.74, 6) is 0.817. The van der Waals surface area contributed by atoms with Gasteiger partial charge in [-0.25, -0.2) is 0 Å². The van der Waals surface area contributed by atoms with E-state index in [9.17, 15) is 10.2 Å². The summed E-state index contributed by atoms with van der Waals surface area (Å²) >= 11 is 0. The highest BCUT2D eigenvalue weighted by Gasteiger charge is 2.37. The zero-order valence-electron chi connectivity index (χ0n) is 12.6. The molecule has 0 aliphatic heterocycles. The Hall–Kier alpha value is -1.13. The number of aromatic nitrogens is 1. The van der Waals surface area contributed by atoms with Gasteiger partial charge in [0.05, 0.1) is 18.8 Å². The maximum absolute atomic E-state index is 10.6. The van der Waals surface area contributed by atoms with Crippen LogP contribution in [0.25, 0.3) is 0 Å². The first-order valence-electron chi connectivity index (χ1n) is 7.37. The van der Waals surface area contributed by atoms with Gasteiger partial charge in [0.15, 0.2) is 0 Å². The lowest BCUT2D eigenvalue weighted by atomic mass is 9.79. The summed E-state index contributed by atoms with van der Waals surface area (Å²) in [4.78, 5) is 4.40. The van der Waals surface area contributed by atoms with Crippen LogP contribution in [0.15, 0.2) is 6.20 Å². The molecule has 0 amide bonds. The Bertz CT molecular complexity index is 467. The van der Waals surface area contributed by atoms with E-state index in [-0.39, 0.29) is 0 Å². The van der Waals surface area contributed by atoms with Crippen LogP contribution < -0.4 is 4.74 Å². The van der Waals surface area contributed by atoms with Gasteiger partial charge in [-0.1, -0.05) is 19.3 Å². The molecular weight excluding hydrogens is 254 g/mol. The number of aliphatic hydroxyl groups is 2. The standard InChI is InChI=1S/C16H25NO3/c1-11-10-17-13(12(2)15(11)20-3)9-14(18)16(19)7-5-4-6-8-16/h10,14,18-19H,4-9H2,1-3H3. The third kappa shape index (κ3) is 2.96. The van der Waals surface area contributed by atoms with Crippen molar-refractivity contribution < 1.29 is 14.9 Å². The number of hydrogen-bond acceptors (Lipinski definition) is 4. The van der Waals surface area contributed by atoms with Crippen LogP contribution in [0.4, 0.5) is 0 Å². The Morgan fingerprint density at radius 3 is 2.55 bits per heavy atom. The number of methoxy groups -OCH3 is 1. The van der Waals surface area contributed by atoms with Crippen LogP contribution in [0.5, 0.6) is 5.75 Å². The maximum atomic E-state index is 10.6. The fourth-order valence-electron chi connectivity index (χ4n) is 3.15. The quantitative estimate of drug-likeness (QED) is 0.888. The fourth-order valence-corrected chi connectivity index (χ4v) is 3.15. The lowest BCUT2D eigenvalue weighted by Crippen LogP contribution is -2.45. The normalized spacial score (nSPS) is 19.6. The Labute approximate surface area is 120 Å². The predicted molar refractivity (Wildman–Crippen MR) is 78.0 cm³/mol. The van der Waals surface area contributed by atoms with Crippen LogP contribution in [0, 0.1) is 13.8 Å². The van der Waals surface area contributed by atoms with Gasteiger partial charge in [-0.15, -0.1) is 0 Å². The van der Waals surface area contributed by atoms with E-state index in [2.05, 4.69) is 4.98 Å². The van der Waals surface area contributed by atoms with Gasteiger partial charge < -0.3 is 14.9 Å². The van der Waals surface area contributed by atoms with E-state index in [0.29, 0.717) is 19.3 Å². The van der Waals surface area contributed by atoms with Gasteiger partial charge in [0.1, 0.15) is 5.75 Å². The van der Waals surface area contributed by atoms with Gasteiger partial charge in [0, 0.05) is 29.4 Å². The number of pyridine rings is 1. The van der Waals surface area contributed by atoms with Crippen LogP contribution in [0.2, 0.25) is 0 Å². The molecule has 1 saturated carbocycles. The third-order valence-electron chi connectivity index (χ3n) is 4.48. The zero-order valence-corrected chi connectivity index (χ0v) is 12.6. The molecule has 0 bridgehead atoms. The first-order valence-corrected chi connectivity index (χ1v) is 7.37. The summed E-state index contributed by atoms with van der Waals surface area (Å²) < 4.78 is 5.38. The van der Waals surface area contributed by atoms with Crippen LogP contribution >= 0.6 is 0 Å². The van der Waals surface area contributed by atoms with Crippen molar-refractivity contribution >= 4 is 0 Å². The molecular formula is C16H25NO3. The number of rotatable bonds is 4. The third-order valence-corrected chi connectivity index (χ3v) is 4.48. The molecule has 0 saturated heterocycles. The second kappa shape index (κ2) is 6.10. The number of hydrogen-bond donors (Lipinski definition) is 2. The van der Waals surface area contributed by atoms with E-state index < -0.39 is 11.7 Å². The first kappa shape index (κ1) is 15.3. The van der Waals surface area contributed by atoms with E-state index >= 15 is 0 Å². The van der Waals surface area contributed by atoms with Crippen molar-refractivity contribution in [1.82, 2.24) is 4.98 Å². The van der Waals surface area contributed by atoms with Crippen molar-refractivity contribution in [3.8, 4) is 5.75 Å². The highest BCUT2D eigenvalue weighted by atomic mass is 16.5. The zero-order chi connectivity index (χ0) is 14.8. The monoisotopic (exact) mass is 279 g/mol. The topological polar surface area (TPSA) is 62.6 Å². The van der Waals surface area contributed by atoms with Gasteiger partial charge in [-0.2, -0.15) is 0 Å². The van der Waals surface area contributed by atoms with Crippen LogP contribution in [0.3, 0.4) is 0 Å². The maximum Gasteiger partial charge on any atom is 0.128 e. The molecule has 2 rings (SSSR count). The molecule has 1 aromatic rings. The fraction of sp³-hybridized carbons (Fsp3) is 0.688. The second-order valence-corrected chi connectivity index (χ2v) is 5.93. The van der Waals surface area contributed by atoms with Crippen molar-refractivity contribution in [3.05, 3.63) is 23.0 Å². The van der Waals surface area contributed by atoms with Crippen LogP contribution in [0.1, 0.15) is 48.9 Å². The second-order valence-electron chi connectivity index (χ2n) is 5.93. The summed E-state index contributed by atoms with van der Waals surface area (Å²) in [5, 5.41) is 21.0. The molecule has 1 fully saturated rings. The first-order chi connectivity index (χ1) is 9.48. The minimum atomic E-state index is -0.954. The Kier molecular flexibility index (Phi) is 4.66. The number of aliphatic hydroxyl groups excluding tert-OH is 1. The van der Waals surface area contributed by atoms with Crippen LogP contribution in [-0.4, -0.2) is 34.0 Å². The molecule has 0 aromatic carbocycles. The van der Waals surface area contributed by atoms with Gasteiger partial charge >= 0.3 is 0 Å². The lowest BCUT2D eigenvalue weighted by molar-refractivity contribution is -0.0964. The molecule has 4 nitrogen and oxygen atoms in total. The Morgan fingerprint density at radius 2 is 1.95 bits per heavy atom. The molecule has 1 heterocycles. The van der Waals surface area contributed by atoms with Gasteiger partial charge in [-0.05, 0) is 26.7 Å². The van der Waals surface area contributed by atoms with Gasteiger partial charge in [-0.3, -0.25) is 4.98 Å². The number of ether oxygens (including phenoxy) is 1. The largest absolute Gasteiger partial charge is 0.496 e. The molecule has 1 aromatic heterocycles. The van der Waals surface area contributed by atoms with Crippen molar-refractivity contribution in [2.75, 3.05) is 7.11 Å². The Morgan fingerprint density at radius 1 is 1.30 bits per heavy atom. The Balaban J connectivity index is 2.17. The van der Waals surface area contributed by atoms with Crippen molar-refractivity contribution in [2.24, 2.45) is 0 Å². The molecule has 112 valence electrons. The minimum Gasteiger partial charge on any atom is -0.496 e. The predicted octanol–water partition coefficient (Wildman–Crippen LogP) is 2.31. The smallest absolute Gasteiger partial charge is 0.128 e. The van der Waals surface area contributed by atoms with E-state index in [1.165, 1.54) is 0 Å². The molecule has 1 aliphatic carbocycles. The number of nitrogens with zero attached hydrogens (tertiary/aromatic N) is 1. The summed E-state index contributed by atoms with van der Waals surface area (Å²) in [6, 6.07) is 0. The van der Waals surface area contributed by atoms with Crippen molar-refractivity contribution in [1.29, 1.82) is 0 Å². The van der Waals surface area contributed by atoms with Crippen molar-refractivity contribution in [3.63, 3.8) is 0 Å². The van der Waals surface area contributed by atoms with E-state index in [1.54, 1.807) is 13.3 Å². The molecule has 1 aliphatic rings. The van der Waals surface area contributed by atoms with Gasteiger partial charge in [0.2, 0.25) is 0 Å². The molecule has 0 radical (unpaired) electrons. The lowest BCUT2D eigenvalue weighted by Gasteiger charge is -2.36. The average molecular weight is 279 g/mol. The van der Waals surface area contributed by atoms with Crippen molar-refractivity contribution in [2.45, 2.75) is 64.1 Å². The molecule has 4 heteroatoms. The SMILES string of the molecule is COc1c(C)cnc(CC(O)C2(O)CCCCC2)c1C.